The first-order chi connectivity index (χ1) is 9.93. The number of likely N-dealkylation sites (tertiary alicyclic amines) is 1. The molecule has 2 heterocycles. The van der Waals surface area contributed by atoms with Crippen LogP contribution in [0.3, 0.4) is 0 Å². The number of halogens is 1. The Labute approximate surface area is 130 Å². The van der Waals surface area contributed by atoms with Crippen LogP contribution in [0.2, 0.25) is 5.02 Å². The predicted molar refractivity (Wildman–Crippen MR) is 84.2 cm³/mol. The maximum Gasteiger partial charge on any atom is 0.252 e. The van der Waals surface area contributed by atoms with Gasteiger partial charge in [0.15, 0.2) is 5.82 Å². The number of aromatic nitrogens is 1. The van der Waals surface area contributed by atoms with Crippen LogP contribution in [0.15, 0.2) is 12.3 Å². The summed E-state index contributed by atoms with van der Waals surface area (Å²) in [6.07, 6.45) is 3.63. The molecule has 6 nitrogen and oxygen atoms in total. The fraction of sp³-hybridized carbons (Fsp3) is 0.571. The van der Waals surface area contributed by atoms with E-state index in [0.717, 1.165) is 25.9 Å². The molecule has 0 atom stereocenters. The van der Waals surface area contributed by atoms with Crippen molar-refractivity contribution in [1.29, 1.82) is 0 Å². The van der Waals surface area contributed by atoms with Crippen LogP contribution in [0, 0.1) is 5.41 Å². The Morgan fingerprint density at radius 1 is 1.52 bits per heavy atom. The number of pyridine rings is 1. The molecule has 0 saturated carbocycles. The Morgan fingerprint density at radius 2 is 2.19 bits per heavy atom. The lowest BCUT2D eigenvalue weighted by molar-refractivity contribution is 0.0891. The summed E-state index contributed by atoms with van der Waals surface area (Å²) in [6, 6.07) is 1.57. The molecule has 0 bridgehead atoms. The molecular formula is C14H22ClN5O. The van der Waals surface area contributed by atoms with Gasteiger partial charge in [0, 0.05) is 12.7 Å². The zero-order chi connectivity index (χ0) is 15.5. The van der Waals surface area contributed by atoms with Crippen LogP contribution in [-0.2, 0) is 0 Å². The second-order valence-corrected chi connectivity index (χ2v) is 6.40. The Bertz CT molecular complexity index is 514. The van der Waals surface area contributed by atoms with E-state index >= 15 is 0 Å². The number of piperidine rings is 1. The van der Waals surface area contributed by atoms with Crippen LogP contribution >= 0.6 is 11.6 Å². The lowest BCUT2D eigenvalue weighted by Gasteiger charge is -2.37. The number of nitrogens with zero attached hydrogens (tertiary/aromatic N) is 2. The quantitative estimate of drug-likeness (QED) is 0.579. The molecule has 0 radical (unpaired) electrons. The molecule has 0 spiro atoms. The minimum atomic E-state index is -0.159. The molecule has 1 aromatic heterocycles. The number of carbonyl (C=O) groups is 1. The summed E-state index contributed by atoms with van der Waals surface area (Å²) >= 11 is 5.98. The van der Waals surface area contributed by atoms with Crippen molar-refractivity contribution < 1.29 is 4.79 Å². The summed E-state index contributed by atoms with van der Waals surface area (Å²) in [5, 5.41) is 3.31. The zero-order valence-corrected chi connectivity index (χ0v) is 13.2. The van der Waals surface area contributed by atoms with Gasteiger partial charge in [-0.1, -0.05) is 18.5 Å². The smallest absolute Gasteiger partial charge is 0.252 e. The van der Waals surface area contributed by atoms with Gasteiger partial charge in [0.05, 0.1) is 10.6 Å². The van der Waals surface area contributed by atoms with Crippen LogP contribution in [0.1, 0.15) is 30.1 Å². The molecule has 116 valence electrons. The third kappa shape index (κ3) is 4.06. The van der Waals surface area contributed by atoms with E-state index in [4.69, 9.17) is 17.4 Å². The highest BCUT2D eigenvalue weighted by Crippen LogP contribution is 2.29. The van der Waals surface area contributed by atoms with Crippen LogP contribution < -0.4 is 16.6 Å². The van der Waals surface area contributed by atoms with E-state index < -0.39 is 0 Å². The number of hydrogen-bond acceptors (Lipinski definition) is 5. The number of amides is 1. The summed E-state index contributed by atoms with van der Waals surface area (Å²) in [4.78, 5) is 18.5. The van der Waals surface area contributed by atoms with Gasteiger partial charge in [-0.15, -0.1) is 0 Å². The van der Waals surface area contributed by atoms with E-state index in [-0.39, 0.29) is 11.3 Å². The first kappa shape index (κ1) is 16.0. The van der Waals surface area contributed by atoms with Crippen LogP contribution in [0.25, 0.3) is 0 Å². The number of nitrogen functional groups attached to an aromatic ring is 1. The maximum absolute atomic E-state index is 12.2. The third-order valence-corrected chi connectivity index (χ3v) is 4.40. The van der Waals surface area contributed by atoms with Crippen molar-refractivity contribution in [1.82, 2.24) is 15.2 Å². The Kier molecular flexibility index (Phi) is 5.03. The van der Waals surface area contributed by atoms with E-state index in [1.54, 1.807) is 6.07 Å². The average molecular weight is 312 g/mol. The Morgan fingerprint density at radius 3 is 2.76 bits per heavy atom. The summed E-state index contributed by atoms with van der Waals surface area (Å²) in [5.41, 5.74) is 2.97. The minimum Gasteiger partial charge on any atom is -0.351 e. The first-order valence-electron chi connectivity index (χ1n) is 7.02. The van der Waals surface area contributed by atoms with Gasteiger partial charge in [-0.25, -0.2) is 10.8 Å². The highest BCUT2D eigenvalue weighted by Gasteiger charge is 2.29. The summed E-state index contributed by atoms with van der Waals surface area (Å²) < 4.78 is 0. The van der Waals surface area contributed by atoms with Crippen LogP contribution in [0.4, 0.5) is 5.82 Å². The molecule has 1 saturated heterocycles. The maximum atomic E-state index is 12.2. The number of rotatable bonds is 4. The SMILES string of the molecule is CN1CCC(C)(CNC(=O)c2cnc(NN)c(Cl)c2)CC1. The average Bonchev–Trinajstić information content (AvgIpc) is 2.48. The van der Waals surface area contributed by atoms with Crippen molar-refractivity contribution in [2.45, 2.75) is 19.8 Å². The minimum absolute atomic E-state index is 0.151. The van der Waals surface area contributed by atoms with Crippen molar-refractivity contribution in [2.75, 3.05) is 32.1 Å². The van der Waals surface area contributed by atoms with Crippen molar-refractivity contribution in [3.8, 4) is 0 Å². The van der Waals surface area contributed by atoms with Gasteiger partial charge < -0.3 is 15.6 Å². The van der Waals surface area contributed by atoms with Crippen molar-refractivity contribution in [2.24, 2.45) is 11.3 Å². The largest absolute Gasteiger partial charge is 0.351 e. The molecule has 21 heavy (non-hydrogen) atoms. The standard InChI is InChI=1S/C14H22ClN5O/c1-14(3-5-20(2)6-4-14)9-18-13(21)10-7-11(15)12(19-16)17-8-10/h7-8H,3-6,9,16H2,1-2H3,(H,17,19)(H,18,21). The number of hydrazine groups is 1. The summed E-state index contributed by atoms with van der Waals surface area (Å²) in [7, 11) is 2.12. The zero-order valence-electron chi connectivity index (χ0n) is 12.4. The molecule has 1 aliphatic rings. The molecule has 4 N–H and O–H groups in total. The van der Waals surface area contributed by atoms with Gasteiger partial charge in [-0.2, -0.15) is 0 Å². The highest BCUT2D eigenvalue weighted by molar-refractivity contribution is 6.33. The third-order valence-electron chi connectivity index (χ3n) is 4.11. The number of carbonyl (C=O) groups excluding carboxylic acids is 1. The van der Waals surface area contributed by atoms with Crippen molar-refractivity contribution in [3.63, 3.8) is 0 Å². The number of nitrogens with two attached hydrogens (primary N) is 1. The second kappa shape index (κ2) is 6.60. The summed E-state index contributed by atoms with van der Waals surface area (Å²) in [6.45, 7) is 5.01. The molecule has 1 aliphatic heterocycles. The van der Waals surface area contributed by atoms with Gasteiger partial charge in [-0.05, 0) is 44.5 Å². The molecule has 0 aliphatic carbocycles. The molecular weight excluding hydrogens is 290 g/mol. The van der Waals surface area contributed by atoms with Gasteiger partial charge in [0.2, 0.25) is 0 Å². The first-order valence-corrected chi connectivity index (χ1v) is 7.40. The number of hydrogen-bond donors (Lipinski definition) is 3. The van der Waals surface area contributed by atoms with E-state index in [0.29, 0.717) is 22.9 Å². The second-order valence-electron chi connectivity index (χ2n) is 6.00. The summed E-state index contributed by atoms with van der Waals surface area (Å²) in [5.74, 6) is 5.46. The van der Waals surface area contributed by atoms with Gasteiger partial charge >= 0.3 is 0 Å². The topological polar surface area (TPSA) is 83.3 Å². The van der Waals surface area contributed by atoms with Gasteiger partial charge in [-0.3, -0.25) is 4.79 Å². The highest BCUT2D eigenvalue weighted by atomic mass is 35.5. The molecule has 2 rings (SSSR count). The fourth-order valence-electron chi connectivity index (χ4n) is 2.40. The normalized spacial score (nSPS) is 18.3. The molecule has 0 unspecified atom stereocenters. The van der Waals surface area contributed by atoms with E-state index in [1.807, 2.05) is 0 Å². The molecule has 1 fully saturated rings. The van der Waals surface area contributed by atoms with Crippen molar-refractivity contribution >= 4 is 23.3 Å². The molecule has 0 aromatic carbocycles. The molecule has 1 aromatic rings. The Balaban J connectivity index is 1.94. The van der Waals surface area contributed by atoms with E-state index in [9.17, 15) is 4.79 Å². The lowest BCUT2D eigenvalue weighted by atomic mass is 9.80. The predicted octanol–water partition coefficient (Wildman–Crippen LogP) is 1.48. The van der Waals surface area contributed by atoms with Gasteiger partial charge in [0.1, 0.15) is 0 Å². The van der Waals surface area contributed by atoms with E-state index in [1.165, 1.54) is 6.20 Å². The molecule has 7 heteroatoms. The lowest BCUT2D eigenvalue weighted by Crippen LogP contribution is -2.43. The fourth-order valence-corrected chi connectivity index (χ4v) is 2.62. The van der Waals surface area contributed by atoms with E-state index in [2.05, 4.69) is 34.6 Å². The van der Waals surface area contributed by atoms with Gasteiger partial charge in [0.25, 0.3) is 5.91 Å². The number of anilines is 1. The monoisotopic (exact) mass is 311 g/mol. The number of nitrogens with one attached hydrogen (secondary N) is 2. The van der Waals surface area contributed by atoms with Crippen LogP contribution in [0.5, 0.6) is 0 Å². The van der Waals surface area contributed by atoms with Crippen LogP contribution in [-0.4, -0.2) is 42.5 Å². The molecule has 1 amide bonds. The van der Waals surface area contributed by atoms with Crippen molar-refractivity contribution in [3.05, 3.63) is 22.8 Å². The Hall–Kier alpha value is -1.37.